The summed E-state index contributed by atoms with van der Waals surface area (Å²) in [6.45, 7) is 2.83. The van der Waals surface area contributed by atoms with Gasteiger partial charge < -0.3 is 4.74 Å². The number of nitrogens with one attached hydrogen (secondary N) is 1. The zero-order valence-electron chi connectivity index (χ0n) is 10.2. The van der Waals surface area contributed by atoms with Gasteiger partial charge in [0.25, 0.3) is 0 Å². The third-order valence-electron chi connectivity index (χ3n) is 2.71. The molecule has 96 valence electrons. The van der Waals surface area contributed by atoms with E-state index in [4.69, 9.17) is 17.0 Å². The molecular weight excluding hydrogens is 253 g/mol. The number of H-pyrrole nitrogens is 1. The predicted octanol–water partition coefficient (Wildman–Crippen LogP) is 2.70. The summed E-state index contributed by atoms with van der Waals surface area (Å²) in [5, 5.41) is 6.85. The van der Waals surface area contributed by atoms with Crippen LogP contribution in [0.5, 0.6) is 0 Å². The average molecular weight is 267 g/mol. The van der Waals surface area contributed by atoms with Crippen molar-refractivity contribution in [2.75, 3.05) is 13.7 Å². The van der Waals surface area contributed by atoms with Crippen LogP contribution in [0.2, 0.25) is 0 Å². The van der Waals surface area contributed by atoms with Gasteiger partial charge in [0.15, 0.2) is 10.6 Å². The van der Waals surface area contributed by atoms with E-state index in [0.29, 0.717) is 34.9 Å². The number of aryl methyl sites for hydroxylation is 1. The number of rotatable bonds is 4. The van der Waals surface area contributed by atoms with E-state index in [1.54, 1.807) is 24.7 Å². The Morgan fingerprint density at radius 1 is 1.50 bits per heavy atom. The largest absolute Gasteiger partial charge is 0.383 e. The number of aromatic amines is 1. The average Bonchev–Trinajstić information content (AvgIpc) is 2.72. The first-order valence-electron chi connectivity index (χ1n) is 5.54. The van der Waals surface area contributed by atoms with Gasteiger partial charge >= 0.3 is 0 Å². The van der Waals surface area contributed by atoms with Crippen molar-refractivity contribution in [1.29, 1.82) is 0 Å². The van der Waals surface area contributed by atoms with Crippen LogP contribution in [0.15, 0.2) is 18.2 Å². The van der Waals surface area contributed by atoms with E-state index in [9.17, 15) is 4.39 Å². The summed E-state index contributed by atoms with van der Waals surface area (Å²) in [4.78, 5) is 0. The Balaban J connectivity index is 2.43. The lowest BCUT2D eigenvalue weighted by Gasteiger charge is -2.06. The molecule has 2 rings (SSSR count). The summed E-state index contributed by atoms with van der Waals surface area (Å²) in [6, 6.07) is 5.01. The second-order valence-electron chi connectivity index (χ2n) is 3.96. The minimum absolute atomic E-state index is 0.250. The molecule has 4 nitrogen and oxygen atoms in total. The lowest BCUT2D eigenvalue weighted by atomic mass is 10.1. The molecule has 1 N–H and O–H groups in total. The molecule has 0 aliphatic rings. The Hall–Kier alpha value is -1.53. The molecule has 0 amide bonds. The van der Waals surface area contributed by atoms with Crippen LogP contribution in [0, 0.1) is 17.5 Å². The number of benzene rings is 1. The maximum absolute atomic E-state index is 13.6. The number of hydrogen-bond donors (Lipinski definition) is 1. The zero-order valence-corrected chi connectivity index (χ0v) is 11.1. The van der Waals surface area contributed by atoms with Crippen LogP contribution in [0.3, 0.4) is 0 Å². The van der Waals surface area contributed by atoms with Gasteiger partial charge in [-0.1, -0.05) is 12.1 Å². The van der Waals surface area contributed by atoms with Gasteiger partial charge in [-0.25, -0.2) is 4.39 Å². The number of nitrogens with zero attached hydrogens (tertiary/aromatic N) is 2. The van der Waals surface area contributed by atoms with Crippen LogP contribution < -0.4 is 0 Å². The fourth-order valence-electron chi connectivity index (χ4n) is 1.66. The van der Waals surface area contributed by atoms with Crippen molar-refractivity contribution in [3.05, 3.63) is 34.4 Å². The van der Waals surface area contributed by atoms with Crippen molar-refractivity contribution >= 4 is 12.2 Å². The van der Waals surface area contributed by atoms with Gasteiger partial charge in [-0.05, 0) is 30.8 Å². The molecule has 0 saturated heterocycles. The van der Waals surface area contributed by atoms with Crippen molar-refractivity contribution in [1.82, 2.24) is 14.8 Å². The minimum atomic E-state index is -0.250. The van der Waals surface area contributed by atoms with Gasteiger partial charge in [0.1, 0.15) is 5.82 Å². The van der Waals surface area contributed by atoms with E-state index in [2.05, 4.69) is 10.2 Å². The minimum Gasteiger partial charge on any atom is -0.383 e. The van der Waals surface area contributed by atoms with Crippen LogP contribution >= 0.6 is 12.2 Å². The van der Waals surface area contributed by atoms with Gasteiger partial charge in [-0.15, -0.1) is 0 Å². The van der Waals surface area contributed by atoms with E-state index in [-0.39, 0.29) is 5.82 Å². The molecular formula is C12H14FN3OS. The molecule has 1 aromatic heterocycles. The summed E-state index contributed by atoms with van der Waals surface area (Å²) < 4.78 is 20.9. The van der Waals surface area contributed by atoms with Gasteiger partial charge in [-0.2, -0.15) is 5.10 Å². The van der Waals surface area contributed by atoms with Crippen molar-refractivity contribution in [3.8, 4) is 11.4 Å². The molecule has 0 saturated carbocycles. The molecule has 0 fully saturated rings. The summed E-state index contributed by atoms with van der Waals surface area (Å²) >= 11 is 5.14. The number of ether oxygens (including phenoxy) is 1. The van der Waals surface area contributed by atoms with Gasteiger partial charge in [0.05, 0.1) is 13.2 Å². The van der Waals surface area contributed by atoms with E-state index >= 15 is 0 Å². The molecule has 1 aromatic carbocycles. The highest BCUT2D eigenvalue weighted by molar-refractivity contribution is 7.71. The maximum Gasteiger partial charge on any atom is 0.195 e. The van der Waals surface area contributed by atoms with Crippen molar-refractivity contribution in [2.24, 2.45) is 0 Å². The first-order chi connectivity index (χ1) is 8.63. The summed E-state index contributed by atoms with van der Waals surface area (Å²) in [6.07, 6.45) is 0. The Kier molecular flexibility index (Phi) is 3.88. The van der Waals surface area contributed by atoms with Crippen molar-refractivity contribution in [3.63, 3.8) is 0 Å². The Bertz CT molecular complexity index is 606. The maximum atomic E-state index is 13.6. The number of methoxy groups -OCH3 is 1. The molecule has 0 radical (unpaired) electrons. The smallest absolute Gasteiger partial charge is 0.195 e. The molecule has 0 bridgehead atoms. The number of halogens is 1. The van der Waals surface area contributed by atoms with Gasteiger partial charge in [-0.3, -0.25) is 9.67 Å². The normalized spacial score (nSPS) is 10.8. The fraction of sp³-hybridized carbons (Fsp3) is 0.333. The molecule has 0 spiro atoms. The monoisotopic (exact) mass is 267 g/mol. The highest BCUT2D eigenvalue weighted by Crippen LogP contribution is 2.20. The van der Waals surface area contributed by atoms with E-state index < -0.39 is 0 Å². The molecule has 6 heteroatoms. The molecule has 18 heavy (non-hydrogen) atoms. The number of aromatic nitrogens is 3. The summed E-state index contributed by atoms with van der Waals surface area (Å²) in [5.74, 6) is 0.371. The van der Waals surface area contributed by atoms with E-state index in [0.717, 1.165) is 0 Å². The zero-order chi connectivity index (χ0) is 13.1. The van der Waals surface area contributed by atoms with E-state index in [1.807, 2.05) is 6.07 Å². The highest BCUT2D eigenvalue weighted by atomic mass is 32.1. The molecule has 1 heterocycles. The lowest BCUT2D eigenvalue weighted by molar-refractivity contribution is 0.187. The van der Waals surface area contributed by atoms with Crippen LogP contribution in [-0.2, 0) is 11.3 Å². The first-order valence-corrected chi connectivity index (χ1v) is 5.95. The van der Waals surface area contributed by atoms with Crippen molar-refractivity contribution in [2.45, 2.75) is 13.5 Å². The summed E-state index contributed by atoms with van der Waals surface area (Å²) in [5.41, 5.74) is 1.30. The fourth-order valence-corrected chi connectivity index (χ4v) is 1.88. The third kappa shape index (κ3) is 2.49. The summed E-state index contributed by atoms with van der Waals surface area (Å²) in [7, 11) is 1.62. The quantitative estimate of drug-likeness (QED) is 0.866. The number of hydrogen-bond acceptors (Lipinski definition) is 3. The van der Waals surface area contributed by atoms with Crippen LogP contribution in [-0.4, -0.2) is 28.5 Å². The standard InChI is InChI=1S/C12H14FN3OS/c1-8-3-4-9(7-10(8)13)11-14-15-12(18)16(11)5-6-17-2/h3-4,7H,5-6H2,1-2H3,(H,15,18). The molecule has 0 atom stereocenters. The molecule has 0 aliphatic heterocycles. The SMILES string of the molecule is COCCn1c(-c2ccc(C)c(F)c2)n[nH]c1=S. The first kappa shape index (κ1) is 12.9. The topological polar surface area (TPSA) is 42.8 Å². The van der Waals surface area contributed by atoms with Gasteiger partial charge in [0.2, 0.25) is 0 Å². The Morgan fingerprint density at radius 2 is 2.28 bits per heavy atom. The highest BCUT2D eigenvalue weighted by Gasteiger charge is 2.10. The lowest BCUT2D eigenvalue weighted by Crippen LogP contribution is -2.06. The predicted molar refractivity (Wildman–Crippen MR) is 69.4 cm³/mol. The van der Waals surface area contributed by atoms with Gasteiger partial charge in [0, 0.05) is 12.7 Å². The molecule has 0 aliphatic carbocycles. The second kappa shape index (κ2) is 5.41. The Labute approximate surface area is 109 Å². The Morgan fingerprint density at radius 3 is 2.94 bits per heavy atom. The van der Waals surface area contributed by atoms with E-state index in [1.165, 1.54) is 6.07 Å². The third-order valence-corrected chi connectivity index (χ3v) is 3.02. The second-order valence-corrected chi connectivity index (χ2v) is 4.35. The van der Waals surface area contributed by atoms with Crippen LogP contribution in [0.4, 0.5) is 4.39 Å². The van der Waals surface area contributed by atoms with Crippen LogP contribution in [0.25, 0.3) is 11.4 Å². The molecule has 2 aromatic rings. The van der Waals surface area contributed by atoms with Crippen molar-refractivity contribution < 1.29 is 9.13 Å². The van der Waals surface area contributed by atoms with Crippen LogP contribution in [0.1, 0.15) is 5.56 Å². The molecule has 0 unspecified atom stereocenters.